The number of nitrogens with one attached hydrogen (secondary N) is 2. The quantitative estimate of drug-likeness (QED) is 0.606. The molecule has 0 aliphatic carbocycles. The van der Waals surface area contributed by atoms with Crippen molar-refractivity contribution in [2.24, 2.45) is 7.05 Å². The molecule has 0 fully saturated rings. The fourth-order valence-corrected chi connectivity index (χ4v) is 2.65. The van der Waals surface area contributed by atoms with Crippen LogP contribution >= 0.6 is 0 Å². The number of aryl methyl sites for hydroxylation is 1. The first-order chi connectivity index (χ1) is 11.3. The average Bonchev–Trinajstić information content (AvgIpc) is 3.19. The minimum atomic E-state index is 0.716. The maximum Gasteiger partial charge on any atom is 0.201 e. The summed E-state index contributed by atoms with van der Waals surface area (Å²) in [4.78, 5) is 7.81. The van der Waals surface area contributed by atoms with Crippen LogP contribution in [0.5, 0.6) is 0 Å². The van der Waals surface area contributed by atoms with E-state index in [0.29, 0.717) is 6.54 Å². The van der Waals surface area contributed by atoms with Gasteiger partial charge < -0.3 is 10.3 Å². The Hall–Kier alpha value is -3.08. The predicted molar refractivity (Wildman–Crippen MR) is 92.1 cm³/mol. The van der Waals surface area contributed by atoms with Crippen LogP contribution in [0.2, 0.25) is 0 Å². The number of anilines is 1. The number of benzene rings is 2. The molecule has 4 rings (SSSR count). The van der Waals surface area contributed by atoms with Gasteiger partial charge in [-0.3, -0.25) is 4.68 Å². The zero-order valence-electron chi connectivity index (χ0n) is 12.8. The van der Waals surface area contributed by atoms with Crippen molar-refractivity contribution >= 4 is 17.0 Å². The van der Waals surface area contributed by atoms with Crippen molar-refractivity contribution in [2.75, 3.05) is 5.32 Å². The number of hydrogen-bond acceptors (Lipinski definition) is 3. The molecule has 2 heterocycles. The molecule has 5 heteroatoms. The third-order valence-corrected chi connectivity index (χ3v) is 3.81. The summed E-state index contributed by atoms with van der Waals surface area (Å²) in [5.74, 6) is 0.790. The van der Waals surface area contributed by atoms with Gasteiger partial charge in [0.2, 0.25) is 5.95 Å². The summed E-state index contributed by atoms with van der Waals surface area (Å²) in [6, 6.07) is 16.5. The average molecular weight is 303 g/mol. The number of imidazole rings is 1. The Kier molecular flexibility index (Phi) is 3.31. The molecular formula is C18H17N5. The van der Waals surface area contributed by atoms with Crippen LogP contribution in [0.4, 0.5) is 5.95 Å². The second kappa shape index (κ2) is 5.61. The molecule has 5 nitrogen and oxygen atoms in total. The zero-order chi connectivity index (χ0) is 15.6. The third-order valence-electron chi connectivity index (χ3n) is 3.81. The first-order valence-corrected chi connectivity index (χ1v) is 7.54. The molecule has 2 aromatic heterocycles. The maximum atomic E-state index is 4.53. The third kappa shape index (κ3) is 2.81. The Labute approximate surface area is 134 Å². The SMILES string of the molecule is Cn1cc(-c2cccc(CNc3nc4ccccc4[nH]3)c2)cn1. The van der Waals surface area contributed by atoms with Crippen molar-refractivity contribution in [1.82, 2.24) is 19.7 Å². The summed E-state index contributed by atoms with van der Waals surface area (Å²) >= 11 is 0. The van der Waals surface area contributed by atoms with E-state index >= 15 is 0 Å². The molecule has 0 unspecified atom stereocenters. The number of H-pyrrole nitrogens is 1. The minimum absolute atomic E-state index is 0.716. The molecule has 0 saturated carbocycles. The van der Waals surface area contributed by atoms with E-state index in [2.05, 4.69) is 44.6 Å². The van der Waals surface area contributed by atoms with E-state index in [4.69, 9.17) is 0 Å². The Morgan fingerprint density at radius 3 is 2.83 bits per heavy atom. The fraction of sp³-hybridized carbons (Fsp3) is 0.111. The number of hydrogen-bond donors (Lipinski definition) is 2. The summed E-state index contributed by atoms with van der Waals surface area (Å²) in [5, 5.41) is 7.57. The highest BCUT2D eigenvalue weighted by Gasteiger charge is 2.04. The van der Waals surface area contributed by atoms with Gasteiger partial charge in [0.15, 0.2) is 0 Å². The highest BCUT2D eigenvalue weighted by molar-refractivity contribution is 5.77. The zero-order valence-corrected chi connectivity index (χ0v) is 12.8. The second-order valence-electron chi connectivity index (χ2n) is 5.56. The van der Waals surface area contributed by atoms with Crippen molar-refractivity contribution < 1.29 is 0 Å². The van der Waals surface area contributed by atoms with E-state index in [9.17, 15) is 0 Å². The number of aromatic amines is 1. The van der Waals surface area contributed by atoms with Crippen LogP contribution in [-0.2, 0) is 13.6 Å². The predicted octanol–water partition coefficient (Wildman–Crippen LogP) is 3.58. The molecule has 4 aromatic rings. The van der Waals surface area contributed by atoms with Gasteiger partial charge in [-0.2, -0.15) is 5.10 Å². The molecule has 0 radical (unpaired) electrons. The molecular weight excluding hydrogens is 286 g/mol. The number of para-hydroxylation sites is 2. The molecule has 2 N–H and O–H groups in total. The summed E-state index contributed by atoms with van der Waals surface area (Å²) in [7, 11) is 1.93. The monoisotopic (exact) mass is 303 g/mol. The number of fused-ring (bicyclic) bond motifs is 1. The topological polar surface area (TPSA) is 58.5 Å². The Bertz CT molecular complexity index is 918. The molecule has 0 spiro atoms. The Morgan fingerprint density at radius 1 is 1.09 bits per heavy atom. The largest absolute Gasteiger partial charge is 0.352 e. The molecule has 2 aromatic carbocycles. The summed E-state index contributed by atoms with van der Waals surface area (Å²) in [6.45, 7) is 0.716. The van der Waals surface area contributed by atoms with Gasteiger partial charge in [0.05, 0.1) is 17.2 Å². The number of rotatable bonds is 4. The minimum Gasteiger partial charge on any atom is -0.352 e. The first kappa shape index (κ1) is 13.6. The van der Waals surface area contributed by atoms with Crippen molar-refractivity contribution in [3.63, 3.8) is 0 Å². The van der Waals surface area contributed by atoms with Gasteiger partial charge in [0.25, 0.3) is 0 Å². The van der Waals surface area contributed by atoms with Crippen molar-refractivity contribution in [3.8, 4) is 11.1 Å². The van der Waals surface area contributed by atoms with Crippen LogP contribution in [-0.4, -0.2) is 19.7 Å². The Balaban J connectivity index is 1.52. The first-order valence-electron chi connectivity index (χ1n) is 7.54. The van der Waals surface area contributed by atoms with Gasteiger partial charge in [-0.05, 0) is 29.3 Å². The van der Waals surface area contributed by atoms with Crippen LogP contribution < -0.4 is 5.32 Å². The van der Waals surface area contributed by atoms with Crippen LogP contribution in [0.3, 0.4) is 0 Å². The highest BCUT2D eigenvalue weighted by atomic mass is 15.2. The summed E-state index contributed by atoms with van der Waals surface area (Å²) in [5.41, 5.74) is 5.50. The van der Waals surface area contributed by atoms with Gasteiger partial charge in [-0.15, -0.1) is 0 Å². The van der Waals surface area contributed by atoms with Crippen LogP contribution in [0.15, 0.2) is 60.9 Å². The van der Waals surface area contributed by atoms with Gasteiger partial charge in [-0.1, -0.05) is 30.3 Å². The van der Waals surface area contributed by atoms with Crippen molar-refractivity contribution in [3.05, 3.63) is 66.5 Å². The molecule has 0 amide bonds. The lowest BCUT2D eigenvalue weighted by molar-refractivity contribution is 0.768. The second-order valence-corrected chi connectivity index (χ2v) is 5.56. The van der Waals surface area contributed by atoms with E-state index in [1.54, 1.807) is 0 Å². The van der Waals surface area contributed by atoms with Crippen LogP contribution in [0, 0.1) is 0 Å². The normalized spacial score (nSPS) is 11.0. The van der Waals surface area contributed by atoms with Crippen molar-refractivity contribution in [2.45, 2.75) is 6.54 Å². The van der Waals surface area contributed by atoms with E-state index in [-0.39, 0.29) is 0 Å². The molecule has 0 atom stereocenters. The molecule has 0 saturated heterocycles. The number of nitrogens with zero attached hydrogens (tertiary/aromatic N) is 3. The van der Waals surface area contributed by atoms with E-state index in [0.717, 1.165) is 22.5 Å². The molecule has 23 heavy (non-hydrogen) atoms. The van der Waals surface area contributed by atoms with Crippen LogP contribution in [0.1, 0.15) is 5.56 Å². The Morgan fingerprint density at radius 2 is 2.00 bits per heavy atom. The smallest absolute Gasteiger partial charge is 0.201 e. The summed E-state index contributed by atoms with van der Waals surface area (Å²) < 4.78 is 1.81. The standard InChI is InChI=1S/C18H17N5/c1-23-12-15(11-20-23)14-6-4-5-13(9-14)10-19-18-21-16-7-2-3-8-17(16)22-18/h2-9,11-12H,10H2,1H3,(H2,19,21,22). The maximum absolute atomic E-state index is 4.53. The lowest BCUT2D eigenvalue weighted by Gasteiger charge is -2.05. The number of aromatic nitrogens is 4. The van der Waals surface area contributed by atoms with Crippen LogP contribution in [0.25, 0.3) is 22.2 Å². The fourth-order valence-electron chi connectivity index (χ4n) is 2.65. The van der Waals surface area contributed by atoms with E-state index in [1.165, 1.54) is 11.1 Å². The van der Waals surface area contributed by atoms with Crippen molar-refractivity contribution in [1.29, 1.82) is 0 Å². The molecule has 0 bridgehead atoms. The van der Waals surface area contributed by atoms with Gasteiger partial charge in [-0.25, -0.2) is 4.98 Å². The molecule has 114 valence electrons. The molecule has 0 aliphatic heterocycles. The van der Waals surface area contributed by atoms with Gasteiger partial charge in [0, 0.05) is 25.4 Å². The van der Waals surface area contributed by atoms with E-state index < -0.39 is 0 Å². The summed E-state index contributed by atoms with van der Waals surface area (Å²) in [6.07, 6.45) is 3.90. The lowest BCUT2D eigenvalue weighted by atomic mass is 10.1. The van der Waals surface area contributed by atoms with Gasteiger partial charge in [0.1, 0.15) is 0 Å². The van der Waals surface area contributed by atoms with E-state index in [1.807, 2.05) is 48.4 Å². The van der Waals surface area contributed by atoms with Gasteiger partial charge >= 0.3 is 0 Å². The highest BCUT2D eigenvalue weighted by Crippen LogP contribution is 2.20. The molecule has 0 aliphatic rings. The lowest BCUT2D eigenvalue weighted by Crippen LogP contribution is -2.00.